The third-order valence-corrected chi connectivity index (χ3v) is 6.51. The number of benzene rings is 1. The minimum absolute atomic E-state index is 0.267. The van der Waals surface area contributed by atoms with Crippen LogP contribution in [0.2, 0.25) is 0 Å². The van der Waals surface area contributed by atoms with Gasteiger partial charge in [-0.05, 0) is 49.7 Å². The molecule has 0 saturated carbocycles. The van der Waals surface area contributed by atoms with Crippen LogP contribution in [0.15, 0.2) is 65.8 Å². The van der Waals surface area contributed by atoms with Crippen molar-refractivity contribution < 1.29 is 8.42 Å². The summed E-state index contributed by atoms with van der Waals surface area (Å²) in [5.41, 5.74) is 2.63. The molecule has 2 aromatic heterocycles. The summed E-state index contributed by atoms with van der Waals surface area (Å²) < 4.78 is 27.6. The second kappa shape index (κ2) is 6.70. The van der Waals surface area contributed by atoms with Gasteiger partial charge in [0.05, 0.1) is 4.90 Å². The SMILES string of the molecule is CN1CCC=C(c2cn(S(=O)(=O)c3ccccc3)c3ncccc23)CC1. The molecule has 1 aromatic carbocycles. The minimum Gasteiger partial charge on any atom is -0.306 e. The molecule has 0 fully saturated rings. The first-order chi connectivity index (χ1) is 12.6. The Hall–Kier alpha value is -2.44. The molecule has 0 unspecified atom stereocenters. The van der Waals surface area contributed by atoms with Gasteiger partial charge in [0.2, 0.25) is 0 Å². The first kappa shape index (κ1) is 17.0. The van der Waals surface area contributed by atoms with Crippen molar-refractivity contribution in [3.63, 3.8) is 0 Å². The molecule has 1 aliphatic heterocycles. The van der Waals surface area contributed by atoms with Crippen molar-refractivity contribution in [2.75, 3.05) is 20.1 Å². The highest BCUT2D eigenvalue weighted by Crippen LogP contribution is 2.31. The quantitative estimate of drug-likeness (QED) is 0.712. The number of hydrogen-bond donors (Lipinski definition) is 0. The number of pyridine rings is 1. The predicted octanol–water partition coefficient (Wildman–Crippen LogP) is 3.38. The summed E-state index contributed by atoms with van der Waals surface area (Å²) in [6, 6.07) is 12.3. The molecule has 0 atom stereocenters. The maximum Gasteiger partial charge on any atom is 0.269 e. The van der Waals surface area contributed by atoms with Crippen molar-refractivity contribution in [2.45, 2.75) is 17.7 Å². The number of nitrogens with zero attached hydrogens (tertiary/aromatic N) is 3. The van der Waals surface area contributed by atoms with E-state index >= 15 is 0 Å². The Kier molecular flexibility index (Phi) is 4.38. The lowest BCUT2D eigenvalue weighted by molar-refractivity contribution is 0.355. The molecule has 0 spiro atoms. The molecule has 0 saturated heterocycles. The lowest BCUT2D eigenvalue weighted by Crippen LogP contribution is -2.18. The second-order valence-corrected chi connectivity index (χ2v) is 8.42. The van der Waals surface area contributed by atoms with Crippen LogP contribution in [0.1, 0.15) is 18.4 Å². The molecule has 5 nitrogen and oxygen atoms in total. The van der Waals surface area contributed by atoms with Gasteiger partial charge in [-0.3, -0.25) is 0 Å². The van der Waals surface area contributed by atoms with Crippen LogP contribution in [0.3, 0.4) is 0 Å². The van der Waals surface area contributed by atoms with Gasteiger partial charge in [0.15, 0.2) is 5.65 Å². The van der Waals surface area contributed by atoms with Crippen molar-refractivity contribution in [3.05, 3.63) is 66.5 Å². The summed E-state index contributed by atoms with van der Waals surface area (Å²) in [5, 5.41) is 0.878. The normalized spacial score (nSPS) is 16.4. The van der Waals surface area contributed by atoms with Crippen LogP contribution in [-0.2, 0) is 10.0 Å². The molecule has 1 aliphatic rings. The lowest BCUT2D eigenvalue weighted by atomic mass is 10.0. The summed E-state index contributed by atoms with van der Waals surface area (Å²) in [7, 11) is -1.57. The number of fused-ring (bicyclic) bond motifs is 1. The Labute approximate surface area is 153 Å². The van der Waals surface area contributed by atoms with Crippen molar-refractivity contribution >= 4 is 26.6 Å². The fourth-order valence-corrected chi connectivity index (χ4v) is 4.75. The lowest BCUT2D eigenvalue weighted by Gasteiger charge is -2.12. The fraction of sp³-hybridized carbons (Fsp3) is 0.250. The van der Waals surface area contributed by atoms with Crippen molar-refractivity contribution in [1.82, 2.24) is 13.9 Å². The van der Waals surface area contributed by atoms with Gasteiger partial charge < -0.3 is 4.90 Å². The van der Waals surface area contributed by atoms with E-state index in [0.29, 0.717) is 5.65 Å². The third-order valence-electron chi connectivity index (χ3n) is 4.84. The van der Waals surface area contributed by atoms with E-state index in [2.05, 4.69) is 23.0 Å². The van der Waals surface area contributed by atoms with Gasteiger partial charge in [-0.25, -0.2) is 17.4 Å². The Bertz CT molecular complexity index is 1070. The van der Waals surface area contributed by atoms with E-state index in [9.17, 15) is 8.42 Å². The summed E-state index contributed by atoms with van der Waals surface area (Å²) in [4.78, 5) is 6.93. The van der Waals surface area contributed by atoms with Gasteiger partial charge in [0, 0.05) is 36.4 Å². The molecule has 0 N–H and O–H groups in total. The fourth-order valence-electron chi connectivity index (χ4n) is 3.40. The molecule has 0 aliphatic carbocycles. The van der Waals surface area contributed by atoms with Crippen LogP contribution in [0, 0.1) is 0 Å². The van der Waals surface area contributed by atoms with Gasteiger partial charge in [0.25, 0.3) is 10.0 Å². The maximum absolute atomic E-state index is 13.2. The van der Waals surface area contributed by atoms with Crippen LogP contribution in [0.25, 0.3) is 16.6 Å². The number of rotatable bonds is 3. The molecule has 0 amide bonds. The van der Waals surface area contributed by atoms with Gasteiger partial charge in [-0.15, -0.1) is 0 Å². The zero-order valence-corrected chi connectivity index (χ0v) is 15.5. The van der Waals surface area contributed by atoms with Crippen LogP contribution in [0.4, 0.5) is 0 Å². The topological polar surface area (TPSA) is 55.2 Å². The van der Waals surface area contributed by atoms with Gasteiger partial charge in [0.1, 0.15) is 0 Å². The molecule has 4 rings (SSSR count). The minimum atomic E-state index is -3.69. The smallest absolute Gasteiger partial charge is 0.269 e. The standard InChI is InChI=1S/C20H21N3O2S/c1-22-13-6-7-16(11-14-22)19-15-23(20-18(19)10-5-12-21-20)26(24,25)17-8-3-2-4-9-17/h2-5,7-10,12,15H,6,11,13-14H2,1H3. The molecular weight excluding hydrogens is 346 g/mol. The van der Waals surface area contributed by atoms with E-state index in [1.165, 1.54) is 9.55 Å². The Morgan fingerprint density at radius 3 is 2.65 bits per heavy atom. The Morgan fingerprint density at radius 1 is 1.04 bits per heavy atom. The predicted molar refractivity (Wildman–Crippen MR) is 103 cm³/mol. The number of aromatic nitrogens is 2. The Balaban J connectivity index is 1.89. The van der Waals surface area contributed by atoms with E-state index in [0.717, 1.165) is 36.9 Å². The van der Waals surface area contributed by atoms with Crippen LogP contribution < -0.4 is 0 Å². The summed E-state index contributed by atoms with van der Waals surface area (Å²) >= 11 is 0. The van der Waals surface area contributed by atoms with Crippen molar-refractivity contribution in [3.8, 4) is 0 Å². The summed E-state index contributed by atoms with van der Waals surface area (Å²) in [6.07, 6.45) is 7.46. The highest BCUT2D eigenvalue weighted by molar-refractivity contribution is 7.90. The van der Waals surface area contributed by atoms with E-state index < -0.39 is 10.0 Å². The van der Waals surface area contributed by atoms with E-state index in [1.54, 1.807) is 36.7 Å². The van der Waals surface area contributed by atoms with Crippen molar-refractivity contribution in [1.29, 1.82) is 0 Å². The van der Waals surface area contributed by atoms with Gasteiger partial charge >= 0.3 is 0 Å². The molecule has 0 bridgehead atoms. The zero-order valence-electron chi connectivity index (χ0n) is 14.7. The summed E-state index contributed by atoms with van der Waals surface area (Å²) in [6.45, 7) is 1.98. The highest BCUT2D eigenvalue weighted by Gasteiger charge is 2.23. The first-order valence-electron chi connectivity index (χ1n) is 8.72. The maximum atomic E-state index is 13.2. The number of hydrogen-bond acceptors (Lipinski definition) is 4. The molecule has 26 heavy (non-hydrogen) atoms. The average Bonchev–Trinajstić information content (AvgIpc) is 2.93. The third kappa shape index (κ3) is 2.95. The monoisotopic (exact) mass is 367 g/mol. The van der Waals surface area contributed by atoms with E-state index in [1.807, 2.05) is 18.2 Å². The van der Waals surface area contributed by atoms with Gasteiger partial charge in [-0.1, -0.05) is 24.3 Å². The molecule has 3 heterocycles. The van der Waals surface area contributed by atoms with E-state index in [-0.39, 0.29) is 4.90 Å². The zero-order chi connectivity index (χ0) is 18.1. The van der Waals surface area contributed by atoms with Crippen LogP contribution in [0.5, 0.6) is 0 Å². The molecular formula is C20H21N3O2S. The average molecular weight is 367 g/mol. The van der Waals surface area contributed by atoms with Crippen molar-refractivity contribution in [2.24, 2.45) is 0 Å². The second-order valence-electron chi connectivity index (χ2n) is 6.60. The molecule has 134 valence electrons. The highest BCUT2D eigenvalue weighted by atomic mass is 32.2. The summed E-state index contributed by atoms with van der Waals surface area (Å²) in [5.74, 6) is 0. The largest absolute Gasteiger partial charge is 0.306 e. The molecule has 6 heteroatoms. The Morgan fingerprint density at radius 2 is 1.85 bits per heavy atom. The van der Waals surface area contributed by atoms with Gasteiger partial charge in [-0.2, -0.15) is 0 Å². The van der Waals surface area contributed by atoms with E-state index in [4.69, 9.17) is 0 Å². The molecule has 3 aromatic rings. The molecule has 0 radical (unpaired) electrons. The van der Waals surface area contributed by atoms with Crippen LogP contribution in [-0.4, -0.2) is 42.4 Å². The first-order valence-corrected chi connectivity index (χ1v) is 10.2. The van der Waals surface area contributed by atoms with Crippen LogP contribution >= 0.6 is 0 Å².